The first-order chi connectivity index (χ1) is 13.2. The number of carbonyl (C=O) groups excluding carboxylic acids is 2. The quantitative estimate of drug-likeness (QED) is 0.715. The molecule has 1 aromatic rings. The monoisotopic (exact) mass is 372 g/mol. The van der Waals surface area contributed by atoms with Crippen LogP contribution in [0.1, 0.15) is 62.2 Å². The average Bonchev–Trinajstić information content (AvgIpc) is 2.74. The molecule has 3 rings (SSSR count). The number of rotatable bonds is 6. The first-order valence-corrected chi connectivity index (χ1v) is 10.5. The van der Waals surface area contributed by atoms with E-state index in [4.69, 9.17) is 4.74 Å². The molecule has 0 aromatic heterocycles. The van der Waals surface area contributed by atoms with E-state index < -0.39 is 0 Å². The maximum absolute atomic E-state index is 12.7. The summed E-state index contributed by atoms with van der Waals surface area (Å²) < 4.78 is 5.66. The number of hydrogen-bond acceptors (Lipinski definition) is 3. The van der Waals surface area contributed by atoms with Crippen LogP contribution >= 0.6 is 0 Å². The zero-order chi connectivity index (χ0) is 19.1. The van der Waals surface area contributed by atoms with Crippen molar-refractivity contribution < 1.29 is 14.3 Å². The summed E-state index contributed by atoms with van der Waals surface area (Å²) >= 11 is 0. The molecular weight excluding hydrogens is 340 g/mol. The van der Waals surface area contributed by atoms with Crippen LogP contribution in [0.4, 0.5) is 0 Å². The Balaban J connectivity index is 1.48. The van der Waals surface area contributed by atoms with E-state index in [-0.39, 0.29) is 11.8 Å². The van der Waals surface area contributed by atoms with Gasteiger partial charge in [-0.25, -0.2) is 0 Å². The van der Waals surface area contributed by atoms with Gasteiger partial charge in [-0.3, -0.25) is 9.59 Å². The number of amides is 2. The standard InChI is InChI=1S/C22H32N2O3/c1-2-3-17-27-20-9-7-18(8-10-20)21(25)24-15-11-19(12-16-24)22(26)23-13-5-4-6-14-23/h7-10,19H,2-6,11-17H2,1H3. The van der Waals surface area contributed by atoms with E-state index in [1.165, 1.54) is 6.42 Å². The van der Waals surface area contributed by atoms with E-state index in [0.717, 1.165) is 57.4 Å². The number of carbonyl (C=O) groups is 2. The van der Waals surface area contributed by atoms with Crippen molar-refractivity contribution in [2.24, 2.45) is 5.92 Å². The Bertz CT molecular complexity index is 615. The minimum Gasteiger partial charge on any atom is -0.494 e. The Hall–Kier alpha value is -2.04. The smallest absolute Gasteiger partial charge is 0.253 e. The van der Waals surface area contributed by atoms with Crippen LogP contribution in [0.25, 0.3) is 0 Å². The highest BCUT2D eigenvalue weighted by molar-refractivity contribution is 5.94. The van der Waals surface area contributed by atoms with Gasteiger partial charge in [0.05, 0.1) is 6.61 Å². The molecule has 2 heterocycles. The molecule has 2 fully saturated rings. The third-order valence-electron chi connectivity index (χ3n) is 5.67. The maximum Gasteiger partial charge on any atom is 0.253 e. The van der Waals surface area contributed by atoms with Crippen molar-refractivity contribution in [3.8, 4) is 5.75 Å². The van der Waals surface area contributed by atoms with Crippen LogP contribution in [0.2, 0.25) is 0 Å². The molecular formula is C22H32N2O3. The highest BCUT2D eigenvalue weighted by atomic mass is 16.5. The molecule has 0 bridgehead atoms. The predicted octanol–water partition coefficient (Wildman–Crippen LogP) is 3.73. The van der Waals surface area contributed by atoms with E-state index in [0.29, 0.717) is 31.2 Å². The molecule has 2 aliphatic heterocycles. The number of benzene rings is 1. The van der Waals surface area contributed by atoms with Gasteiger partial charge in [0.15, 0.2) is 0 Å². The molecule has 148 valence electrons. The van der Waals surface area contributed by atoms with E-state index in [9.17, 15) is 9.59 Å². The SMILES string of the molecule is CCCCOc1ccc(C(=O)N2CCC(C(=O)N3CCCCC3)CC2)cc1. The Labute approximate surface area is 162 Å². The zero-order valence-electron chi connectivity index (χ0n) is 16.5. The fourth-order valence-corrected chi connectivity index (χ4v) is 3.91. The van der Waals surface area contributed by atoms with Gasteiger partial charge in [-0.2, -0.15) is 0 Å². The van der Waals surface area contributed by atoms with Crippen LogP contribution in [-0.2, 0) is 4.79 Å². The lowest BCUT2D eigenvalue weighted by atomic mass is 9.94. The van der Waals surface area contributed by atoms with Crippen LogP contribution in [0.15, 0.2) is 24.3 Å². The summed E-state index contributed by atoms with van der Waals surface area (Å²) in [6.07, 6.45) is 7.18. The fraction of sp³-hybridized carbons (Fsp3) is 0.636. The summed E-state index contributed by atoms with van der Waals surface area (Å²) in [5.74, 6) is 1.25. The Morgan fingerprint density at radius 1 is 0.963 bits per heavy atom. The molecule has 2 aliphatic rings. The summed E-state index contributed by atoms with van der Waals surface area (Å²) in [5, 5.41) is 0. The van der Waals surface area contributed by atoms with Gasteiger partial charge in [-0.15, -0.1) is 0 Å². The molecule has 0 unspecified atom stereocenters. The van der Waals surface area contributed by atoms with Gasteiger partial charge in [0.1, 0.15) is 5.75 Å². The number of hydrogen-bond donors (Lipinski definition) is 0. The normalized spacial score (nSPS) is 18.4. The van der Waals surface area contributed by atoms with Crippen LogP contribution in [0, 0.1) is 5.92 Å². The van der Waals surface area contributed by atoms with Gasteiger partial charge in [0.25, 0.3) is 5.91 Å². The van der Waals surface area contributed by atoms with Crippen LogP contribution in [0.3, 0.4) is 0 Å². The average molecular weight is 373 g/mol. The molecule has 0 atom stereocenters. The predicted molar refractivity (Wildman–Crippen MR) is 106 cm³/mol. The van der Waals surface area contributed by atoms with Gasteiger partial charge in [-0.05, 0) is 62.8 Å². The molecule has 0 radical (unpaired) electrons. The van der Waals surface area contributed by atoms with Crippen molar-refractivity contribution >= 4 is 11.8 Å². The molecule has 0 aliphatic carbocycles. The third-order valence-corrected chi connectivity index (χ3v) is 5.67. The van der Waals surface area contributed by atoms with Gasteiger partial charge < -0.3 is 14.5 Å². The van der Waals surface area contributed by atoms with Crippen molar-refractivity contribution in [3.63, 3.8) is 0 Å². The van der Waals surface area contributed by atoms with Gasteiger partial charge in [0, 0.05) is 37.7 Å². The molecule has 0 N–H and O–H groups in total. The molecule has 0 saturated carbocycles. The van der Waals surface area contributed by atoms with Crippen molar-refractivity contribution in [2.75, 3.05) is 32.8 Å². The lowest BCUT2D eigenvalue weighted by molar-refractivity contribution is -0.137. The summed E-state index contributed by atoms with van der Waals surface area (Å²) in [6, 6.07) is 7.42. The largest absolute Gasteiger partial charge is 0.494 e. The Kier molecular flexibility index (Phi) is 7.13. The number of likely N-dealkylation sites (tertiary alicyclic amines) is 2. The van der Waals surface area contributed by atoms with E-state index in [1.54, 1.807) is 0 Å². The number of ether oxygens (including phenoxy) is 1. The number of piperidine rings is 2. The fourth-order valence-electron chi connectivity index (χ4n) is 3.91. The maximum atomic E-state index is 12.7. The minimum absolute atomic E-state index is 0.0546. The van der Waals surface area contributed by atoms with Crippen LogP contribution < -0.4 is 4.74 Å². The first-order valence-electron chi connectivity index (χ1n) is 10.5. The highest BCUT2D eigenvalue weighted by Crippen LogP contribution is 2.23. The summed E-state index contributed by atoms with van der Waals surface area (Å²) in [7, 11) is 0. The minimum atomic E-state index is 0.0546. The topological polar surface area (TPSA) is 49.9 Å². The lowest BCUT2D eigenvalue weighted by Gasteiger charge is -2.35. The van der Waals surface area contributed by atoms with Crippen LogP contribution in [-0.4, -0.2) is 54.4 Å². The molecule has 27 heavy (non-hydrogen) atoms. The molecule has 1 aromatic carbocycles. The van der Waals surface area contributed by atoms with Crippen LogP contribution in [0.5, 0.6) is 5.75 Å². The molecule has 2 amide bonds. The Morgan fingerprint density at radius 2 is 1.63 bits per heavy atom. The van der Waals surface area contributed by atoms with E-state index in [1.807, 2.05) is 34.1 Å². The second-order valence-corrected chi connectivity index (χ2v) is 7.68. The second kappa shape index (κ2) is 9.77. The van der Waals surface area contributed by atoms with Gasteiger partial charge >= 0.3 is 0 Å². The highest BCUT2D eigenvalue weighted by Gasteiger charge is 2.30. The first kappa shape index (κ1) is 19.7. The Morgan fingerprint density at radius 3 is 2.26 bits per heavy atom. The summed E-state index contributed by atoms with van der Waals surface area (Å²) in [4.78, 5) is 29.3. The van der Waals surface area contributed by atoms with Crippen molar-refractivity contribution in [1.82, 2.24) is 9.80 Å². The third kappa shape index (κ3) is 5.24. The number of unbranched alkanes of at least 4 members (excludes halogenated alkanes) is 1. The molecule has 5 heteroatoms. The van der Waals surface area contributed by atoms with Crippen molar-refractivity contribution in [2.45, 2.75) is 51.9 Å². The van der Waals surface area contributed by atoms with E-state index >= 15 is 0 Å². The molecule has 2 saturated heterocycles. The number of nitrogens with zero attached hydrogens (tertiary/aromatic N) is 2. The zero-order valence-corrected chi connectivity index (χ0v) is 16.5. The lowest BCUT2D eigenvalue weighted by Crippen LogP contribution is -2.45. The van der Waals surface area contributed by atoms with Gasteiger partial charge in [-0.1, -0.05) is 13.3 Å². The van der Waals surface area contributed by atoms with Gasteiger partial charge in [0.2, 0.25) is 5.91 Å². The summed E-state index contributed by atoms with van der Waals surface area (Å²) in [5.41, 5.74) is 0.693. The van der Waals surface area contributed by atoms with Crippen molar-refractivity contribution in [3.05, 3.63) is 29.8 Å². The van der Waals surface area contributed by atoms with E-state index in [2.05, 4.69) is 6.92 Å². The molecule has 5 nitrogen and oxygen atoms in total. The second-order valence-electron chi connectivity index (χ2n) is 7.68. The van der Waals surface area contributed by atoms with Crippen molar-refractivity contribution in [1.29, 1.82) is 0 Å². The summed E-state index contributed by atoms with van der Waals surface area (Å²) in [6.45, 7) is 5.99. The molecule has 0 spiro atoms.